The van der Waals surface area contributed by atoms with Crippen molar-refractivity contribution in [1.29, 1.82) is 0 Å². The van der Waals surface area contributed by atoms with Gasteiger partial charge in [-0.3, -0.25) is 0 Å². The molecule has 0 unspecified atom stereocenters. The summed E-state index contributed by atoms with van der Waals surface area (Å²) in [6.07, 6.45) is 0. The zero-order chi connectivity index (χ0) is 28.2. The van der Waals surface area contributed by atoms with Crippen molar-refractivity contribution in [2.45, 2.75) is 0 Å². The average molecular weight is 535 g/mol. The molecule has 0 N–H and O–H groups in total. The molecule has 0 amide bonds. The fraction of sp³-hybridized carbons (Fsp3) is 0. The second-order valence-electron chi connectivity index (χ2n) is 10.4. The molecule has 8 aromatic rings. The first-order valence-corrected chi connectivity index (χ1v) is 13.8. The van der Waals surface area contributed by atoms with Gasteiger partial charge in [0.15, 0.2) is 11.4 Å². The lowest BCUT2D eigenvalue weighted by Gasteiger charge is -2.20. The highest BCUT2D eigenvalue weighted by Crippen LogP contribution is 2.43. The SMILES string of the molecule is [C-]#[N+]c1cc([N+]#[C-])cc(-c2c(-n3c4ccccc4c4ccccc43)cccc2-n2c3ccccc3c3ccccc32)c1. The Bertz CT molecular complexity index is 2170. The fourth-order valence-corrected chi connectivity index (χ4v) is 6.43. The van der Waals surface area contributed by atoms with Gasteiger partial charge < -0.3 is 9.13 Å². The molecule has 0 saturated heterocycles. The molecule has 0 aliphatic heterocycles. The molecule has 2 aromatic heterocycles. The molecule has 0 aliphatic carbocycles. The Balaban J connectivity index is 1.59. The Kier molecular flexibility index (Phi) is 5.22. The molecular weight excluding hydrogens is 512 g/mol. The summed E-state index contributed by atoms with van der Waals surface area (Å²) in [6, 6.07) is 45.8. The third-order valence-electron chi connectivity index (χ3n) is 8.11. The molecule has 194 valence electrons. The second kappa shape index (κ2) is 9.24. The Morgan fingerprint density at radius 3 is 1.12 bits per heavy atom. The summed E-state index contributed by atoms with van der Waals surface area (Å²) in [5.41, 5.74) is 9.09. The average Bonchev–Trinajstić information content (AvgIpc) is 3.57. The lowest BCUT2D eigenvalue weighted by Crippen LogP contribution is -2.03. The molecule has 0 saturated carbocycles. The highest BCUT2D eigenvalue weighted by Gasteiger charge is 2.21. The maximum atomic E-state index is 7.80. The van der Waals surface area contributed by atoms with Gasteiger partial charge >= 0.3 is 0 Å². The van der Waals surface area contributed by atoms with Gasteiger partial charge in [-0.2, -0.15) is 0 Å². The molecule has 0 atom stereocenters. The molecule has 42 heavy (non-hydrogen) atoms. The molecule has 0 bridgehead atoms. The van der Waals surface area contributed by atoms with E-state index in [9.17, 15) is 0 Å². The molecular formula is C38H22N4. The number of hydrogen-bond acceptors (Lipinski definition) is 0. The summed E-state index contributed by atoms with van der Waals surface area (Å²) < 4.78 is 4.64. The van der Waals surface area contributed by atoms with Crippen LogP contribution in [0.1, 0.15) is 0 Å². The lowest BCUT2D eigenvalue weighted by molar-refractivity contribution is 1.14. The summed E-state index contributed by atoms with van der Waals surface area (Å²) in [5, 5.41) is 4.72. The third-order valence-corrected chi connectivity index (χ3v) is 8.11. The summed E-state index contributed by atoms with van der Waals surface area (Å²) in [4.78, 5) is 7.49. The number of benzene rings is 6. The minimum absolute atomic E-state index is 0.448. The van der Waals surface area contributed by atoms with Gasteiger partial charge in [-0.25, -0.2) is 9.69 Å². The quantitative estimate of drug-likeness (QED) is 0.201. The number of nitrogens with zero attached hydrogens (tertiary/aromatic N) is 4. The summed E-state index contributed by atoms with van der Waals surface area (Å²) in [5.74, 6) is 0. The number of aromatic nitrogens is 2. The van der Waals surface area contributed by atoms with Crippen molar-refractivity contribution in [3.05, 3.63) is 156 Å². The van der Waals surface area contributed by atoms with Gasteiger partial charge in [0, 0.05) is 27.1 Å². The van der Waals surface area contributed by atoms with E-state index in [1.54, 1.807) is 6.07 Å². The van der Waals surface area contributed by atoms with E-state index in [0.717, 1.165) is 44.6 Å². The van der Waals surface area contributed by atoms with Crippen LogP contribution in [0.25, 0.3) is 75.8 Å². The van der Waals surface area contributed by atoms with E-state index in [0.29, 0.717) is 11.4 Å². The van der Waals surface area contributed by atoms with E-state index < -0.39 is 0 Å². The molecule has 0 radical (unpaired) electrons. The Morgan fingerprint density at radius 1 is 0.405 bits per heavy atom. The molecule has 4 nitrogen and oxygen atoms in total. The van der Waals surface area contributed by atoms with Crippen LogP contribution in [0.3, 0.4) is 0 Å². The van der Waals surface area contributed by atoms with Crippen molar-refractivity contribution in [2.75, 3.05) is 0 Å². The van der Waals surface area contributed by atoms with Gasteiger partial charge in [-0.05, 0) is 42.0 Å². The third kappa shape index (κ3) is 3.40. The van der Waals surface area contributed by atoms with E-state index in [1.807, 2.05) is 12.1 Å². The van der Waals surface area contributed by atoms with Crippen LogP contribution in [0, 0.1) is 13.1 Å². The fourth-order valence-electron chi connectivity index (χ4n) is 6.43. The predicted octanol–water partition coefficient (Wildman–Crippen LogP) is 10.6. The van der Waals surface area contributed by atoms with E-state index >= 15 is 0 Å². The minimum atomic E-state index is 0.448. The normalized spacial score (nSPS) is 11.3. The standard InChI is InChI=1S/C38H22N4/c1-39-26-22-25(23-27(24-26)40-2)38-36(41-32-16-7-3-12-28(32)29-13-4-8-17-33(29)41)20-11-21-37(38)42-34-18-9-5-14-30(34)31-15-6-10-19-35(31)42/h3-24H. The Labute approximate surface area is 242 Å². The number of rotatable bonds is 3. The first-order chi connectivity index (χ1) is 20.8. The van der Waals surface area contributed by atoms with Crippen molar-refractivity contribution in [2.24, 2.45) is 0 Å². The summed E-state index contributed by atoms with van der Waals surface area (Å²) in [7, 11) is 0. The molecule has 8 rings (SSSR count). The molecule has 4 heteroatoms. The molecule has 2 heterocycles. The van der Waals surface area contributed by atoms with Crippen molar-refractivity contribution < 1.29 is 0 Å². The maximum absolute atomic E-state index is 7.80. The van der Waals surface area contributed by atoms with Gasteiger partial charge in [0.25, 0.3) is 0 Å². The number of para-hydroxylation sites is 4. The maximum Gasteiger partial charge on any atom is 0.177 e. The van der Waals surface area contributed by atoms with Gasteiger partial charge in [0.05, 0.1) is 46.6 Å². The number of hydrogen-bond donors (Lipinski definition) is 0. The lowest BCUT2D eigenvalue weighted by atomic mass is 9.99. The topological polar surface area (TPSA) is 18.6 Å². The van der Waals surface area contributed by atoms with Crippen LogP contribution in [0.5, 0.6) is 0 Å². The minimum Gasteiger partial charge on any atom is -0.309 e. The molecule has 0 fully saturated rings. The van der Waals surface area contributed by atoms with E-state index in [-0.39, 0.29) is 0 Å². The smallest absolute Gasteiger partial charge is 0.177 e. The highest BCUT2D eigenvalue weighted by atomic mass is 15.0. The van der Waals surface area contributed by atoms with E-state index in [4.69, 9.17) is 13.1 Å². The molecule has 0 spiro atoms. The van der Waals surface area contributed by atoms with Crippen LogP contribution >= 0.6 is 0 Å². The van der Waals surface area contributed by atoms with E-state index in [1.165, 1.54) is 21.5 Å². The first-order valence-electron chi connectivity index (χ1n) is 13.8. The van der Waals surface area contributed by atoms with Crippen LogP contribution in [-0.4, -0.2) is 9.13 Å². The van der Waals surface area contributed by atoms with Crippen molar-refractivity contribution in [3.8, 4) is 22.5 Å². The zero-order valence-corrected chi connectivity index (χ0v) is 22.5. The van der Waals surface area contributed by atoms with Crippen LogP contribution in [0.15, 0.2) is 133 Å². The molecule has 0 aliphatic rings. The van der Waals surface area contributed by atoms with Crippen LogP contribution in [-0.2, 0) is 0 Å². The Hall–Kier alpha value is -6.10. The monoisotopic (exact) mass is 534 g/mol. The van der Waals surface area contributed by atoms with Gasteiger partial charge in [0.1, 0.15) is 0 Å². The van der Waals surface area contributed by atoms with Gasteiger partial charge in [-0.15, -0.1) is 0 Å². The summed E-state index contributed by atoms with van der Waals surface area (Å²) >= 11 is 0. The Morgan fingerprint density at radius 2 is 0.762 bits per heavy atom. The van der Waals surface area contributed by atoms with Gasteiger partial charge in [0.2, 0.25) is 0 Å². The zero-order valence-electron chi connectivity index (χ0n) is 22.5. The van der Waals surface area contributed by atoms with Crippen molar-refractivity contribution in [1.82, 2.24) is 9.13 Å². The first kappa shape index (κ1) is 23.8. The summed E-state index contributed by atoms with van der Waals surface area (Å²) in [6.45, 7) is 15.6. The highest BCUT2D eigenvalue weighted by molar-refractivity contribution is 6.12. The number of fused-ring (bicyclic) bond motifs is 6. The second-order valence-corrected chi connectivity index (χ2v) is 10.4. The van der Waals surface area contributed by atoms with Crippen LogP contribution < -0.4 is 0 Å². The largest absolute Gasteiger partial charge is 0.309 e. The van der Waals surface area contributed by atoms with Crippen molar-refractivity contribution in [3.63, 3.8) is 0 Å². The van der Waals surface area contributed by atoms with Gasteiger partial charge in [-0.1, -0.05) is 97.1 Å². The van der Waals surface area contributed by atoms with Crippen LogP contribution in [0.4, 0.5) is 11.4 Å². The molecule has 6 aromatic carbocycles. The predicted molar refractivity (Wildman–Crippen MR) is 173 cm³/mol. The van der Waals surface area contributed by atoms with Crippen molar-refractivity contribution >= 4 is 55.0 Å². The van der Waals surface area contributed by atoms with E-state index in [2.05, 4.69) is 134 Å². The van der Waals surface area contributed by atoms with Crippen LogP contribution in [0.2, 0.25) is 0 Å².